The van der Waals surface area contributed by atoms with Gasteiger partial charge in [0.2, 0.25) is 5.91 Å². The molecule has 4 rings (SSSR count). The van der Waals surface area contributed by atoms with Gasteiger partial charge in [-0.25, -0.2) is 14.8 Å². The zero-order valence-corrected chi connectivity index (χ0v) is 24.8. The van der Waals surface area contributed by atoms with Crippen molar-refractivity contribution in [2.75, 3.05) is 32.2 Å². The summed E-state index contributed by atoms with van der Waals surface area (Å²) in [6, 6.07) is 17.0. The highest BCUT2D eigenvalue weighted by atomic mass is 17.2. The van der Waals surface area contributed by atoms with E-state index in [4.69, 9.17) is 20.2 Å². The van der Waals surface area contributed by atoms with Crippen molar-refractivity contribution in [3.8, 4) is 0 Å². The lowest BCUT2D eigenvalue weighted by Crippen LogP contribution is -2.56. The number of carbonyl (C=O) groups is 3. The van der Waals surface area contributed by atoms with Gasteiger partial charge in [0.15, 0.2) is 5.82 Å². The van der Waals surface area contributed by atoms with Crippen molar-refractivity contribution in [1.82, 2.24) is 19.8 Å². The highest BCUT2D eigenvalue weighted by molar-refractivity contribution is 5.98. The van der Waals surface area contributed by atoms with Crippen LogP contribution in [0.4, 0.5) is 5.82 Å². The maximum absolute atomic E-state index is 13.9. The normalized spacial score (nSPS) is 16.5. The first-order chi connectivity index (χ1) is 20.7. The largest absolute Gasteiger partial charge is 0.374 e. The quantitative estimate of drug-likeness (QED) is 0.191. The minimum atomic E-state index is -1.20. The van der Waals surface area contributed by atoms with Crippen LogP contribution in [0, 0.1) is 0 Å². The summed E-state index contributed by atoms with van der Waals surface area (Å²) in [5.41, 5.74) is 6.45. The van der Waals surface area contributed by atoms with Gasteiger partial charge in [-0.1, -0.05) is 60.7 Å². The molecule has 1 aliphatic heterocycles. The van der Waals surface area contributed by atoms with E-state index in [2.05, 4.69) is 15.6 Å². The Morgan fingerprint density at radius 2 is 1.79 bits per heavy atom. The SMILES string of the molecule is COOCC1CCCN1C(=O)C(c1ccccc1)n1cnc(NC(=O)[C@@H](COCc2ccccc2)NC(=O)C(C)(C)N)c1. The van der Waals surface area contributed by atoms with Gasteiger partial charge in [0.25, 0.3) is 11.8 Å². The molecule has 1 saturated heterocycles. The second-order valence-corrected chi connectivity index (χ2v) is 11.0. The minimum absolute atomic E-state index is 0.0890. The molecule has 1 aliphatic rings. The third-order valence-corrected chi connectivity index (χ3v) is 7.14. The molecule has 1 fully saturated rings. The molecule has 1 aromatic heterocycles. The summed E-state index contributed by atoms with van der Waals surface area (Å²) in [4.78, 5) is 56.0. The summed E-state index contributed by atoms with van der Waals surface area (Å²) in [5, 5.41) is 5.43. The number of carbonyl (C=O) groups excluding carboxylic acids is 3. The number of hydrogen-bond donors (Lipinski definition) is 3. The number of rotatable bonds is 14. The van der Waals surface area contributed by atoms with E-state index in [0.29, 0.717) is 6.54 Å². The topological polar surface area (TPSA) is 150 Å². The van der Waals surface area contributed by atoms with E-state index in [0.717, 1.165) is 24.0 Å². The number of hydrogen-bond acceptors (Lipinski definition) is 8. The van der Waals surface area contributed by atoms with Crippen LogP contribution in [-0.2, 0) is 35.5 Å². The van der Waals surface area contributed by atoms with Crippen molar-refractivity contribution in [3.05, 3.63) is 84.3 Å². The fourth-order valence-corrected chi connectivity index (χ4v) is 4.83. The minimum Gasteiger partial charge on any atom is -0.374 e. The third kappa shape index (κ3) is 8.71. The van der Waals surface area contributed by atoms with E-state index in [1.54, 1.807) is 29.5 Å². The number of ether oxygens (including phenoxy) is 1. The highest BCUT2D eigenvalue weighted by Crippen LogP contribution is 2.27. The van der Waals surface area contributed by atoms with Gasteiger partial charge in [0, 0.05) is 12.7 Å². The van der Waals surface area contributed by atoms with Gasteiger partial charge in [0.05, 0.1) is 38.2 Å². The zero-order chi connectivity index (χ0) is 30.8. The Balaban J connectivity index is 1.51. The molecule has 4 N–H and O–H groups in total. The van der Waals surface area contributed by atoms with E-state index in [1.165, 1.54) is 13.4 Å². The molecular formula is C31H40N6O6. The lowest BCUT2D eigenvalue weighted by Gasteiger charge is -2.29. The number of aromatic nitrogens is 2. The Morgan fingerprint density at radius 1 is 1.09 bits per heavy atom. The Bertz CT molecular complexity index is 1340. The molecule has 3 atom stereocenters. The Labute approximate surface area is 251 Å². The van der Waals surface area contributed by atoms with Crippen LogP contribution in [0.2, 0.25) is 0 Å². The number of imidazole rings is 1. The number of anilines is 1. The van der Waals surface area contributed by atoms with Crippen LogP contribution in [0.25, 0.3) is 0 Å². The van der Waals surface area contributed by atoms with Crippen LogP contribution in [0.15, 0.2) is 73.2 Å². The maximum atomic E-state index is 13.9. The molecule has 0 saturated carbocycles. The van der Waals surface area contributed by atoms with Gasteiger partial charge in [0.1, 0.15) is 18.7 Å². The van der Waals surface area contributed by atoms with Crippen LogP contribution >= 0.6 is 0 Å². The second-order valence-electron chi connectivity index (χ2n) is 11.0. The standard InChI is InChI=1S/C31H40N6O6/c1-31(2,32)30(40)34-25(20-42-18-22-11-6-4-7-12-22)28(38)35-26-17-36(21-33-26)27(23-13-8-5-9-14-23)29(39)37-16-10-15-24(37)19-43-41-3/h4-9,11-14,17,21,24-25,27H,10,15-16,18-20,32H2,1-3H3,(H,34,40)(H,35,38)/t24?,25-,27?/m1/s1. The van der Waals surface area contributed by atoms with E-state index < -0.39 is 29.4 Å². The monoisotopic (exact) mass is 592 g/mol. The van der Waals surface area contributed by atoms with Crippen molar-refractivity contribution >= 4 is 23.5 Å². The molecule has 12 heteroatoms. The molecule has 43 heavy (non-hydrogen) atoms. The summed E-state index contributed by atoms with van der Waals surface area (Å²) >= 11 is 0. The molecule has 3 aromatic rings. The summed E-state index contributed by atoms with van der Waals surface area (Å²) in [5.74, 6) is -0.939. The summed E-state index contributed by atoms with van der Waals surface area (Å²) in [7, 11) is 1.44. The number of benzene rings is 2. The van der Waals surface area contributed by atoms with Gasteiger partial charge in [-0.2, -0.15) is 0 Å². The van der Waals surface area contributed by atoms with E-state index in [-0.39, 0.29) is 37.6 Å². The lowest BCUT2D eigenvalue weighted by molar-refractivity contribution is -0.278. The van der Waals surface area contributed by atoms with E-state index in [9.17, 15) is 14.4 Å². The van der Waals surface area contributed by atoms with Crippen molar-refractivity contribution in [2.24, 2.45) is 5.73 Å². The van der Waals surface area contributed by atoms with Crippen molar-refractivity contribution in [1.29, 1.82) is 0 Å². The predicted molar refractivity (Wildman–Crippen MR) is 159 cm³/mol. The van der Waals surface area contributed by atoms with Gasteiger partial charge in [-0.05, 0) is 37.8 Å². The van der Waals surface area contributed by atoms with E-state index in [1.807, 2.05) is 60.7 Å². The fraction of sp³-hybridized carbons (Fsp3) is 0.419. The van der Waals surface area contributed by atoms with E-state index >= 15 is 0 Å². The smallest absolute Gasteiger partial charge is 0.250 e. The lowest BCUT2D eigenvalue weighted by atomic mass is 10.0. The van der Waals surface area contributed by atoms with Gasteiger partial charge in [-0.3, -0.25) is 14.4 Å². The van der Waals surface area contributed by atoms with Gasteiger partial charge >= 0.3 is 0 Å². The van der Waals surface area contributed by atoms with Crippen LogP contribution in [0.5, 0.6) is 0 Å². The average Bonchev–Trinajstić information content (AvgIpc) is 3.66. The summed E-state index contributed by atoms with van der Waals surface area (Å²) in [6.07, 6.45) is 4.77. The predicted octanol–water partition coefficient (Wildman–Crippen LogP) is 2.42. The average molecular weight is 593 g/mol. The first-order valence-corrected chi connectivity index (χ1v) is 14.2. The van der Waals surface area contributed by atoms with Crippen molar-refractivity contribution < 1.29 is 28.9 Å². The third-order valence-electron chi connectivity index (χ3n) is 7.14. The van der Waals surface area contributed by atoms with Crippen LogP contribution in [0.3, 0.4) is 0 Å². The van der Waals surface area contributed by atoms with Crippen molar-refractivity contribution in [2.45, 2.75) is 57.0 Å². The molecule has 12 nitrogen and oxygen atoms in total. The number of nitrogens with zero attached hydrogens (tertiary/aromatic N) is 3. The first-order valence-electron chi connectivity index (χ1n) is 14.2. The molecule has 3 amide bonds. The molecule has 2 aromatic carbocycles. The molecule has 230 valence electrons. The summed E-state index contributed by atoms with van der Waals surface area (Å²) in [6.45, 7) is 4.14. The maximum Gasteiger partial charge on any atom is 0.250 e. The number of amides is 3. The fourth-order valence-electron chi connectivity index (χ4n) is 4.83. The Hall–Kier alpha value is -4.10. The molecule has 2 unspecified atom stereocenters. The Kier molecular flexibility index (Phi) is 11.0. The molecular weight excluding hydrogens is 552 g/mol. The number of likely N-dealkylation sites (tertiary alicyclic amines) is 1. The molecule has 0 radical (unpaired) electrons. The first kappa shape index (κ1) is 31.8. The van der Waals surface area contributed by atoms with Gasteiger partial charge < -0.3 is 30.6 Å². The number of nitrogens with one attached hydrogen (secondary N) is 2. The number of nitrogens with two attached hydrogens (primary N) is 1. The Morgan fingerprint density at radius 3 is 2.47 bits per heavy atom. The molecule has 2 heterocycles. The van der Waals surface area contributed by atoms with Crippen LogP contribution in [-0.4, -0.2) is 76.7 Å². The molecule has 0 bridgehead atoms. The molecule has 0 aliphatic carbocycles. The van der Waals surface area contributed by atoms with Crippen LogP contribution in [0.1, 0.15) is 43.9 Å². The van der Waals surface area contributed by atoms with Gasteiger partial charge in [-0.15, -0.1) is 0 Å². The zero-order valence-electron chi connectivity index (χ0n) is 24.8. The summed E-state index contributed by atoms with van der Waals surface area (Å²) < 4.78 is 7.44. The molecule has 0 spiro atoms. The van der Waals surface area contributed by atoms with Crippen molar-refractivity contribution in [3.63, 3.8) is 0 Å². The van der Waals surface area contributed by atoms with Crippen LogP contribution < -0.4 is 16.4 Å². The highest BCUT2D eigenvalue weighted by Gasteiger charge is 2.35. The second kappa shape index (κ2) is 14.9.